The van der Waals surface area contributed by atoms with Crippen molar-refractivity contribution in [3.63, 3.8) is 0 Å². The zero-order valence-electron chi connectivity index (χ0n) is 25.4. The molecule has 1 heterocycles. The molecule has 41 heavy (non-hydrogen) atoms. The Morgan fingerprint density at radius 3 is 1.05 bits per heavy atom. The van der Waals surface area contributed by atoms with Gasteiger partial charge >= 0.3 is 0 Å². The van der Waals surface area contributed by atoms with E-state index in [1.54, 1.807) is 0 Å². The van der Waals surface area contributed by atoms with Crippen LogP contribution in [0, 0.1) is 0 Å². The SMILES string of the molecule is CNCCOCCOCCOCCOCCOCCOCCOCCOCCOCCOCCOC1CCCCO1. The van der Waals surface area contributed by atoms with Crippen molar-refractivity contribution in [3.05, 3.63) is 0 Å². The number of rotatable bonds is 34. The molecule has 13 nitrogen and oxygen atoms in total. The smallest absolute Gasteiger partial charge is 0.157 e. The van der Waals surface area contributed by atoms with Crippen LogP contribution in [-0.4, -0.2) is 165 Å². The molecule has 1 fully saturated rings. The average molecular weight is 600 g/mol. The molecule has 1 aliphatic heterocycles. The molecule has 1 N–H and O–H groups in total. The van der Waals surface area contributed by atoms with E-state index < -0.39 is 0 Å². The van der Waals surface area contributed by atoms with Crippen LogP contribution in [0.1, 0.15) is 19.3 Å². The van der Waals surface area contributed by atoms with Crippen molar-refractivity contribution in [2.75, 3.05) is 159 Å². The van der Waals surface area contributed by atoms with E-state index in [1.165, 1.54) is 6.42 Å². The molecule has 1 atom stereocenters. The molecule has 246 valence electrons. The second kappa shape index (κ2) is 34.0. The molecule has 0 amide bonds. The normalized spacial score (nSPS) is 15.6. The second-order valence-electron chi connectivity index (χ2n) is 8.89. The van der Waals surface area contributed by atoms with Crippen LogP contribution in [0.4, 0.5) is 0 Å². The van der Waals surface area contributed by atoms with E-state index >= 15 is 0 Å². The zero-order valence-corrected chi connectivity index (χ0v) is 25.4. The highest BCUT2D eigenvalue weighted by Crippen LogP contribution is 2.13. The number of nitrogens with one attached hydrogen (secondary N) is 1. The molecule has 0 aromatic heterocycles. The van der Waals surface area contributed by atoms with Crippen molar-refractivity contribution < 1.29 is 56.8 Å². The first-order chi connectivity index (χ1) is 20.4. The first kappa shape index (κ1) is 38.5. The van der Waals surface area contributed by atoms with Crippen molar-refractivity contribution in [1.82, 2.24) is 5.32 Å². The number of likely N-dealkylation sites (N-methyl/N-ethyl adjacent to an activating group) is 1. The van der Waals surface area contributed by atoms with Gasteiger partial charge in [0.15, 0.2) is 6.29 Å². The molecule has 13 heteroatoms. The van der Waals surface area contributed by atoms with Crippen LogP contribution < -0.4 is 5.32 Å². The van der Waals surface area contributed by atoms with Crippen LogP contribution in [0.3, 0.4) is 0 Å². The van der Waals surface area contributed by atoms with Crippen molar-refractivity contribution >= 4 is 0 Å². The first-order valence-electron chi connectivity index (χ1n) is 15.1. The molecule has 0 bridgehead atoms. The molecule has 0 spiro atoms. The van der Waals surface area contributed by atoms with Gasteiger partial charge in [-0.25, -0.2) is 0 Å². The quantitative estimate of drug-likeness (QED) is 0.106. The number of hydrogen-bond acceptors (Lipinski definition) is 13. The molecule has 1 aliphatic rings. The minimum absolute atomic E-state index is 0.0626. The van der Waals surface area contributed by atoms with E-state index in [-0.39, 0.29) is 6.29 Å². The number of ether oxygens (including phenoxy) is 12. The van der Waals surface area contributed by atoms with Crippen LogP contribution in [-0.2, 0) is 56.8 Å². The van der Waals surface area contributed by atoms with Crippen LogP contribution >= 0.6 is 0 Å². The lowest BCUT2D eigenvalue weighted by Gasteiger charge is -2.22. The van der Waals surface area contributed by atoms with Crippen molar-refractivity contribution in [2.24, 2.45) is 0 Å². The van der Waals surface area contributed by atoms with Gasteiger partial charge in [-0.05, 0) is 26.3 Å². The maximum absolute atomic E-state index is 5.60. The summed E-state index contributed by atoms with van der Waals surface area (Å²) in [6.45, 7) is 13.1. The van der Waals surface area contributed by atoms with Crippen LogP contribution in [0.5, 0.6) is 0 Å². The Balaban J connectivity index is 1.60. The predicted molar refractivity (Wildman–Crippen MR) is 152 cm³/mol. The van der Waals surface area contributed by atoms with E-state index in [0.717, 1.165) is 26.0 Å². The summed E-state index contributed by atoms with van der Waals surface area (Å²) in [5.74, 6) is 0. The molecule has 0 radical (unpaired) electrons. The van der Waals surface area contributed by atoms with Gasteiger partial charge in [0.1, 0.15) is 0 Å². The fourth-order valence-corrected chi connectivity index (χ4v) is 3.34. The zero-order chi connectivity index (χ0) is 29.2. The standard InChI is InChI=1S/C28H57NO12/c1-29-5-7-30-8-9-31-10-11-32-12-13-33-14-15-34-16-17-35-18-19-36-20-21-37-22-23-38-24-25-39-26-27-41-28-4-2-3-6-40-28/h28-29H,2-27H2,1H3. The van der Waals surface area contributed by atoms with Crippen molar-refractivity contribution in [1.29, 1.82) is 0 Å². The summed E-state index contributed by atoms with van der Waals surface area (Å²) >= 11 is 0. The minimum atomic E-state index is -0.0626. The summed E-state index contributed by atoms with van der Waals surface area (Å²) in [6.07, 6.45) is 3.20. The van der Waals surface area contributed by atoms with E-state index in [9.17, 15) is 0 Å². The summed E-state index contributed by atoms with van der Waals surface area (Å²) in [6, 6.07) is 0. The van der Waals surface area contributed by atoms with Gasteiger partial charge < -0.3 is 62.2 Å². The van der Waals surface area contributed by atoms with Gasteiger partial charge in [0.2, 0.25) is 0 Å². The Labute approximate surface area is 246 Å². The second-order valence-corrected chi connectivity index (χ2v) is 8.89. The van der Waals surface area contributed by atoms with Gasteiger partial charge in [-0.15, -0.1) is 0 Å². The Morgan fingerprint density at radius 1 is 0.439 bits per heavy atom. The van der Waals surface area contributed by atoms with E-state index in [0.29, 0.717) is 139 Å². The molecule has 0 aromatic carbocycles. The first-order valence-corrected chi connectivity index (χ1v) is 15.1. The van der Waals surface area contributed by atoms with Crippen molar-refractivity contribution in [2.45, 2.75) is 25.6 Å². The van der Waals surface area contributed by atoms with Gasteiger partial charge in [0.05, 0.1) is 139 Å². The summed E-state index contributed by atoms with van der Waals surface area (Å²) in [4.78, 5) is 0. The third kappa shape index (κ3) is 30.7. The predicted octanol–water partition coefficient (Wildman–Crippen LogP) is 0.915. The van der Waals surface area contributed by atoms with Gasteiger partial charge in [-0.1, -0.05) is 0 Å². The lowest BCUT2D eigenvalue weighted by Crippen LogP contribution is -2.24. The summed E-state index contributed by atoms with van der Waals surface area (Å²) in [5.41, 5.74) is 0. The highest BCUT2D eigenvalue weighted by molar-refractivity contribution is 4.53. The largest absolute Gasteiger partial charge is 0.378 e. The lowest BCUT2D eigenvalue weighted by molar-refractivity contribution is -0.169. The molecule has 1 unspecified atom stereocenters. The Hall–Kier alpha value is -0.520. The molecule has 1 saturated heterocycles. The molecule has 0 aromatic rings. The number of hydrogen-bond donors (Lipinski definition) is 1. The molecule has 0 aliphatic carbocycles. The van der Waals surface area contributed by atoms with E-state index in [4.69, 9.17) is 56.8 Å². The third-order valence-corrected chi connectivity index (χ3v) is 5.51. The van der Waals surface area contributed by atoms with E-state index in [1.807, 2.05) is 7.05 Å². The Morgan fingerprint density at radius 2 is 0.756 bits per heavy atom. The third-order valence-electron chi connectivity index (χ3n) is 5.51. The fraction of sp³-hybridized carbons (Fsp3) is 1.00. The van der Waals surface area contributed by atoms with E-state index in [2.05, 4.69) is 5.32 Å². The molecule has 1 rings (SSSR count). The molecular formula is C28H57NO12. The summed E-state index contributed by atoms with van der Waals surface area (Å²) < 4.78 is 65.6. The van der Waals surface area contributed by atoms with Crippen LogP contribution in [0.25, 0.3) is 0 Å². The summed E-state index contributed by atoms with van der Waals surface area (Å²) in [7, 11) is 1.90. The monoisotopic (exact) mass is 599 g/mol. The highest BCUT2D eigenvalue weighted by atomic mass is 16.7. The maximum atomic E-state index is 5.60. The maximum Gasteiger partial charge on any atom is 0.157 e. The highest BCUT2D eigenvalue weighted by Gasteiger charge is 2.13. The summed E-state index contributed by atoms with van der Waals surface area (Å²) in [5, 5.41) is 3.02. The van der Waals surface area contributed by atoms with Crippen LogP contribution in [0.2, 0.25) is 0 Å². The Bertz CT molecular complexity index is 489. The van der Waals surface area contributed by atoms with Crippen molar-refractivity contribution in [3.8, 4) is 0 Å². The average Bonchev–Trinajstić information content (AvgIpc) is 3.00. The molecular weight excluding hydrogens is 542 g/mol. The van der Waals surface area contributed by atoms with Gasteiger partial charge in [-0.3, -0.25) is 0 Å². The van der Waals surface area contributed by atoms with Gasteiger partial charge in [0, 0.05) is 13.2 Å². The fourth-order valence-electron chi connectivity index (χ4n) is 3.34. The van der Waals surface area contributed by atoms with Gasteiger partial charge in [-0.2, -0.15) is 0 Å². The topological polar surface area (TPSA) is 123 Å². The lowest BCUT2D eigenvalue weighted by atomic mass is 10.2. The van der Waals surface area contributed by atoms with Crippen LogP contribution in [0.15, 0.2) is 0 Å². The minimum Gasteiger partial charge on any atom is -0.378 e. The van der Waals surface area contributed by atoms with Gasteiger partial charge in [0.25, 0.3) is 0 Å². The molecule has 0 saturated carbocycles. The Kier molecular flexibility index (Phi) is 31.9.